The van der Waals surface area contributed by atoms with E-state index >= 15 is 4.39 Å². The molecular formula is C23H27F2N4+. The Labute approximate surface area is 169 Å². The van der Waals surface area contributed by atoms with Gasteiger partial charge in [-0.15, -0.1) is 0 Å². The molecule has 0 aliphatic rings. The van der Waals surface area contributed by atoms with Crippen LogP contribution in [-0.4, -0.2) is 14.5 Å². The van der Waals surface area contributed by atoms with E-state index in [0.29, 0.717) is 17.7 Å². The van der Waals surface area contributed by atoms with Crippen LogP contribution in [0.5, 0.6) is 0 Å². The van der Waals surface area contributed by atoms with Gasteiger partial charge in [0, 0.05) is 35.2 Å². The molecule has 0 fully saturated rings. The Morgan fingerprint density at radius 2 is 1.76 bits per heavy atom. The van der Waals surface area contributed by atoms with Gasteiger partial charge in [0.15, 0.2) is 5.82 Å². The second-order valence-corrected chi connectivity index (χ2v) is 9.50. The Kier molecular flexibility index (Phi) is 4.30. The zero-order chi connectivity index (χ0) is 21.1. The number of rotatable bonds is 3. The summed E-state index contributed by atoms with van der Waals surface area (Å²) in [6, 6.07) is 3.80. The second-order valence-electron chi connectivity index (χ2n) is 9.50. The van der Waals surface area contributed by atoms with Crippen LogP contribution in [0.15, 0.2) is 36.9 Å². The van der Waals surface area contributed by atoms with Gasteiger partial charge in [0.1, 0.15) is 17.7 Å². The highest BCUT2D eigenvalue weighted by molar-refractivity contribution is 5.81. The van der Waals surface area contributed by atoms with Crippen LogP contribution in [-0.2, 0) is 24.4 Å². The first kappa shape index (κ1) is 19.6. The zero-order valence-electron chi connectivity index (χ0n) is 17.8. The Morgan fingerprint density at radius 1 is 1.03 bits per heavy atom. The summed E-state index contributed by atoms with van der Waals surface area (Å²) in [5.74, 6) is -0.593. The summed E-state index contributed by atoms with van der Waals surface area (Å²) in [4.78, 5) is 7.47. The van der Waals surface area contributed by atoms with Crippen LogP contribution < -0.4 is 4.57 Å². The molecule has 0 radical (unpaired) electrons. The minimum absolute atomic E-state index is 0.250. The maximum absolute atomic E-state index is 15.1. The number of hydrogen-bond donors (Lipinski definition) is 1. The molecule has 4 nitrogen and oxygen atoms in total. The van der Waals surface area contributed by atoms with Crippen molar-refractivity contribution in [2.24, 2.45) is 7.05 Å². The van der Waals surface area contributed by atoms with Crippen LogP contribution in [0.1, 0.15) is 45.7 Å². The lowest BCUT2D eigenvalue weighted by molar-refractivity contribution is -0.682. The first-order chi connectivity index (χ1) is 13.5. The minimum atomic E-state index is -0.592. The van der Waals surface area contributed by atoms with Gasteiger partial charge in [-0.1, -0.05) is 34.6 Å². The molecule has 0 unspecified atom stereocenters. The highest BCUT2D eigenvalue weighted by Crippen LogP contribution is 2.34. The van der Waals surface area contributed by atoms with Crippen molar-refractivity contribution in [2.75, 3.05) is 0 Å². The highest BCUT2D eigenvalue weighted by Gasteiger charge is 2.33. The number of aromatic amines is 1. The van der Waals surface area contributed by atoms with E-state index < -0.39 is 5.41 Å². The molecule has 1 N–H and O–H groups in total. The summed E-state index contributed by atoms with van der Waals surface area (Å²) in [5.41, 5.74) is 1.93. The first-order valence-corrected chi connectivity index (χ1v) is 9.80. The van der Waals surface area contributed by atoms with Crippen molar-refractivity contribution < 1.29 is 13.3 Å². The molecule has 4 aromatic heterocycles. The maximum atomic E-state index is 15.1. The van der Waals surface area contributed by atoms with Crippen LogP contribution in [0.2, 0.25) is 0 Å². The minimum Gasteiger partial charge on any atom is -0.336 e. The zero-order valence-corrected chi connectivity index (χ0v) is 17.8. The topological polar surface area (TPSA) is 37.5 Å². The smallest absolute Gasteiger partial charge is 0.287 e. The van der Waals surface area contributed by atoms with Gasteiger partial charge in [-0.3, -0.25) is 0 Å². The van der Waals surface area contributed by atoms with Crippen LogP contribution in [0.4, 0.5) is 8.78 Å². The summed E-state index contributed by atoms with van der Waals surface area (Å²) in [6.07, 6.45) is 6.51. The van der Waals surface area contributed by atoms with Gasteiger partial charge >= 0.3 is 0 Å². The molecule has 0 aromatic carbocycles. The van der Waals surface area contributed by atoms with Crippen molar-refractivity contribution in [2.45, 2.75) is 52.0 Å². The Hall–Kier alpha value is -2.76. The SMILES string of the molecule is Cn1ccc2c(C(C)(C)C[n+]3cc(F)c(C(C)(C)C)c4cc[nH]c43)c(F)cnc21. The molecule has 4 aromatic rings. The second kappa shape index (κ2) is 6.37. The number of aryl methyl sites for hydroxylation is 1. The molecule has 0 bridgehead atoms. The molecule has 0 atom stereocenters. The Morgan fingerprint density at radius 3 is 2.45 bits per heavy atom. The number of aromatic nitrogens is 4. The molecule has 0 aliphatic carbocycles. The third-order valence-corrected chi connectivity index (χ3v) is 5.63. The van der Waals surface area contributed by atoms with E-state index in [0.717, 1.165) is 22.1 Å². The van der Waals surface area contributed by atoms with Crippen molar-refractivity contribution in [3.05, 3.63) is 59.7 Å². The van der Waals surface area contributed by atoms with Gasteiger partial charge in [-0.25, -0.2) is 23.3 Å². The van der Waals surface area contributed by atoms with Gasteiger partial charge < -0.3 is 4.57 Å². The van der Waals surface area contributed by atoms with Crippen molar-refractivity contribution in [1.29, 1.82) is 0 Å². The molecule has 4 rings (SSSR count). The fourth-order valence-electron chi connectivity index (χ4n) is 4.46. The molecule has 4 heterocycles. The molecule has 152 valence electrons. The van der Waals surface area contributed by atoms with Crippen molar-refractivity contribution in [1.82, 2.24) is 14.5 Å². The molecule has 6 heteroatoms. The lowest BCUT2D eigenvalue weighted by atomic mass is 9.82. The largest absolute Gasteiger partial charge is 0.336 e. The summed E-state index contributed by atoms with van der Waals surface area (Å²) in [7, 11) is 1.89. The van der Waals surface area contributed by atoms with Crippen molar-refractivity contribution in [3.8, 4) is 0 Å². The number of H-pyrrole nitrogens is 1. The van der Waals surface area contributed by atoms with Crippen LogP contribution in [0.3, 0.4) is 0 Å². The van der Waals surface area contributed by atoms with Gasteiger partial charge in [-0.2, -0.15) is 0 Å². The predicted molar refractivity (Wildman–Crippen MR) is 111 cm³/mol. The monoisotopic (exact) mass is 397 g/mol. The lowest BCUT2D eigenvalue weighted by Crippen LogP contribution is -2.45. The molecular weight excluding hydrogens is 370 g/mol. The summed E-state index contributed by atoms with van der Waals surface area (Å²) >= 11 is 0. The normalized spacial score (nSPS) is 13.0. The molecule has 0 spiro atoms. The van der Waals surface area contributed by atoms with E-state index in [4.69, 9.17) is 0 Å². The average Bonchev–Trinajstić information content (AvgIpc) is 3.20. The summed E-state index contributed by atoms with van der Waals surface area (Å²) in [6.45, 7) is 10.4. The molecule has 0 aliphatic heterocycles. The highest BCUT2D eigenvalue weighted by atomic mass is 19.1. The van der Waals surface area contributed by atoms with Crippen LogP contribution >= 0.6 is 0 Å². The van der Waals surface area contributed by atoms with Crippen molar-refractivity contribution in [3.63, 3.8) is 0 Å². The Bertz CT molecular complexity index is 1230. The summed E-state index contributed by atoms with van der Waals surface area (Å²) < 4.78 is 33.8. The molecule has 0 amide bonds. The lowest BCUT2D eigenvalue weighted by Gasteiger charge is -2.26. The third-order valence-electron chi connectivity index (χ3n) is 5.63. The third kappa shape index (κ3) is 3.11. The van der Waals surface area contributed by atoms with Gasteiger partial charge in [-0.05, 0) is 17.5 Å². The van der Waals surface area contributed by atoms with E-state index in [-0.39, 0.29) is 17.0 Å². The fourth-order valence-corrected chi connectivity index (χ4v) is 4.46. The summed E-state index contributed by atoms with van der Waals surface area (Å²) in [5, 5.41) is 1.64. The average molecular weight is 397 g/mol. The number of fused-ring (bicyclic) bond motifs is 2. The van der Waals surface area contributed by atoms with Gasteiger partial charge in [0.25, 0.3) is 5.65 Å². The van der Waals surface area contributed by atoms with Gasteiger partial charge in [0.05, 0.1) is 24.3 Å². The number of nitrogens with one attached hydrogen (secondary N) is 1. The quantitative estimate of drug-likeness (QED) is 0.491. The number of halogens is 2. The molecule has 29 heavy (non-hydrogen) atoms. The fraction of sp³-hybridized carbons (Fsp3) is 0.391. The standard InChI is InChI=1S/C23H26F2N4/c1-22(2,3)18-14-7-9-26-21(14)29(12-17(18)25)13-23(4,5)19-15-8-10-28(6)20(15)27-11-16(19)24/h7-12H,13H2,1-6H3/p+1. The van der Waals surface area contributed by atoms with Gasteiger partial charge in [0.2, 0.25) is 0 Å². The van der Waals surface area contributed by atoms with E-state index in [9.17, 15) is 4.39 Å². The van der Waals surface area contributed by atoms with Crippen molar-refractivity contribution >= 4 is 22.1 Å². The molecule has 0 saturated carbocycles. The van der Waals surface area contributed by atoms with Crippen LogP contribution in [0, 0.1) is 11.6 Å². The van der Waals surface area contributed by atoms with Crippen LogP contribution in [0.25, 0.3) is 22.1 Å². The number of hydrogen-bond acceptors (Lipinski definition) is 1. The van der Waals surface area contributed by atoms with E-state index in [2.05, 4.69) is 9.97 Å². The Balaban J connectivity index is 1.88. The first-order valence-electron chi connectivity index (χ1n) is 9.80. The molecule has 0 saturated heterocycles. The maximum Gasteiger partial charge on any atom is 0.287 e. The number of nitrogens with zero attached hydrogens (tertiary/aromatic N) is 3. The van der Waals surface area contributed by atoms with E-state index in [1.165, 1.54) is 12.4 Å². The van der Waals surface area contributed by atoms with E-state index in [1.807, 2.05) is 75.3 Å². The number of pyridine rings is 2. The van der Waals surface area contributed by atoms with E-state index in [1.54, 1.807) is 0 Å². The predicted octanol–water partition coefficient (Wildman–Crippen LogP) is 4.90.